The van der Waals surface area contributed by atoms with Gasteiger partial charge >= 0.3 is 0 Å². The van der Waals surface area contributed by atoms with Crippen molar-refractivity contribution in [2.45, 2.75) is 25.3 Å². The minimum absolute atomic E-state index is 0.422. The summed E-state index contributed by atoms with van der Waals surface area (Å²) in [7, 11) is 0. The Hall–Kier alpha value is -1.50. The Labute approximate surface area is 96.2 Å². The second kappa shape index (κ2) is 4.56. The number of nitro groups is 2. The molecular weight excluding hydrogens is 232 g/mol. The maximum absolute atomic E-state index is 10.9. The molecule has 16 heavy (non-hydrogen) atoms. The van der Waals surface area contributed by atoms with Crippen molar-refractivity contribution in [3.05, 3.63) is 42.6 Å². The van der Waals surface area contributed by atoms with E-state index in [1.165, 1.54) is 25.2 Å². The van der Waals surface area contributed by atoms with Crippen LogP contribution >= 0.6 is 11.3 Å². The molecule has 0 radical (unpaired) electrons. The van der Waals surface area contributed by atoms with Crippen LogP contribution in [0.15, 0.2) is 17.5 Å². The third-order valence-corrected chi connectivity index (χ3v) is 3.53. The van der Waals surface area contributed by atoms with Gasteiger partial charge in [0.25, 0.3) is 0 Å². The maximum atomic E-state index is 10.9. The standard InChI is InChI=1S/C9H12N2O4S/c1-9(2,11(14)15)7(6-10(12)13)8-4-3-5-16-8/h3-5,7H,6H2,1-2H3/t7-/m0/s1. The molecule has 7 heteroatoms. The molecule has 0 aromatic carbocycles. The van der Waals surface area contributed by atoms with Crippen molar-refractivity contribution >= 4 is 11.3 Å². The average Bonchev–Trinajstić information content (AvgIpc) is 2.65. The third-order valence-electron chi connectivity index (χ3n) is 2.54. The lowest BCUT2D eigenvalue weighted by Gasteiger charge is -2.22. The number of nitrogens with zero attached hydrogens (tertiary/aromatic N) is 2. The Kier molecular flexibility index (Phi) is 3.58. The third kappa shape index (κ3) is 2.54. The second-order valence-electron chi connectivity index (χ2n) is 3.99. The molecule has 6 nitrogen and oxygen atoms in total. The molecule has 1 rings (SSSR count). The van der Waals surface area contributed by atoms with Gasteiger partial charge in [-0.1, -0.05) is 6.07 Å². The molecule has 0 aliphatic heterocycles. The molecule has 0 bridgehead atoms. The zero-order chi connectivity index (χ0) is 12.3. The highest BCUT2D eigenvalue weighted by Gasteiger charge is 2.45. The molecule has 0 N–H and O–H groups in total. The number of hydrogen-bond acceptors (Lipinski definition) is 5. The Morgan fingerprint density at radius 1 is 1.44 bits per heavy atom. The molecular formula is C9H12N2O4S. The Balaban J connectivity index is 3.06. The topological polar surface area (TPSA) is 86.3 Å². The van der Waals surface area contributed by atoms with Crippen molar-refractivity contribution in [3.8, 4) is 0 Å². The summed E-state index contributed by atoms with van der Waals surface area (Å²) in [6.07, 6.45) is 0. The Bertz CT molecular complexity index is 388. The van der Waals surface area contributed by atoms with Crippen LogP contribution in [0.3, 0.4) is 0 Å². The smallest absolute Gasteiger partial charge is 0.230 e. The van der Waals surface area contributed by atoms with Gasteiger partial charge < -0.3 is 0 Å². The molecule has 1 atom stereocenters. The fraction of sp³-hybridized carbons (Fsp3) is 0.556. The van der Waals surface area contributed by atoms with E-state index in [0.717, 1.165) is 0 Å². The van der Waals surface area contributed by atoms with E-state index >= 15 is 0 Å². The van der Waals surface area contributed by atoms with Crippen LogP contribution in [0.2, 0.25) is 0 Å². The van der Waals surface area contributed by atoms with Crippen molar-refractivity contribution in [1.82, 2.24) is 0 Å². The highest BCUT2D eigenvalue weighted by atomic mass is 32.1. The number of thiophene rings is 1. The van der Waals surface area contributed by atoms with Crippen LogP contribution in [-0.4, -0.2) is 21.9 Å². The average molecular weight is 244 g/mol. The predicted octanol–water partition coefficient (Wildman–Crippen LogP) is 2.16. The van der Waals surface area contributed by atoms with Crippen molar-refractivity contribution in [1.29, 1.82) is 0 Å². The van der Waals surface area contributed by atoms with Gasteiger partial charge in [0.2, 0.25) is 12.1 Å². The molecule has 0 unspecified atom stereocenters. The first-order valence-corrected chi connectivity index (χ1v) is 5.53. The molecule has 0 saturated carbocycles. The Morgan fingerprint density at radius 2 is 2.06 bits per heavy atom. The van der Waals surface area contributed by atoms with Crippen molar-refractivity contribution in [2.75, 3.05) is 6.54 Å². The van der Waals surface area contributed by atoms with Gasteiger partial charge in [-0.2, -0.15) is 0 Å². The minimum atomic E-state index is -1.34. The van der Waals surface area contributed by atoms with E-state index in [0.29, 0.717) is 4.88 Å². The van der Waals surface area contributed by atoms with E-state index in [-0.39, 0.29) is 0 Å². The Morgan fingerprint density at radius 3 is 2.44 bits per heavy atom. The zero-order valence-electron chi connectivity index (χ0n) is 8.95. The van der Waals surface area contributed by atoms with E-state index in [2.05, 4.69) is 0 Å². The number of rotatable bonds is 5. The van der Waals surface area contributed by atoms with Crippen LogP contribution in [0.5, 0.6) is 0 Å². The van der Waals surface area contributed by atoms with Gasteiger partial charge in [-0.15, -0.1) is 11.3 Å². The SMILES string of the molecule is CC(C)([C@@H](C[N+](=O)[O-])c1cccs1)[N+](=O)[O-]. The van der Waals surface area contributed by atoms with E-state index in [9.17, 15) is 20.2 Å². The molecule has 88 valence electrons. The van der Waals surface area contributed by atoms with Gasteiger partial charge in [0.1, 0.15) is 5.92 Å². The first-order chi connectivity index (χ1) is 7.35. The zero-order valence-corrected chi connectivity index (χ0v) is 9.77. The van der Waals surface area contributed by atoms with Gasteiger partial charge in [-0.25, -0.2) is 0 Å². The van der Waals surface area contributed by atoms with Crippen LogP contribution in [0, 0.1) is 20.2 Å². The summed E-state index contributed by atoms with van der Waals surface area (Å²) in [6, 6.07) is 3.44. The summed E-state index contributed by atoms with van der Waals surface area (Å²) in [6.45, 7) is 2.41. The first-order valence-electron chi connectivity index (χ1n) is 4.65. The van der Waals surface area contributed by atoms with Crippen LogP contribution in [0.25, 0.3) is 0 Å². The molecule has 0 amide bonds. The quantitative estimate of drug-likeness (QED) is 0.586. The van der Waals surface area contributed by atoms with Crippen molar-refractivity contribution in [3.63, 3.8) is 0 Å². The predicted molar refractivity (Wildman–Crippen MR) is 60.0 cm³/mol. The van der Waals surface area contributed by atoms with Gasteiger partial charge in [0.15, 0.2) is 0 Å². The molecule has 0 aliphatic carbocycles. The molecule has 1 heterocycles. The summed E-state index contributed by atoms with van der Waals surface area (Å²) in [5, 5.41) is 23.3. The summed E-state index contributed by atoms with van der Waals surface area (Å²) in [4.78, 5) is 21.2. The molecule has 1 aromatic rings. The summed E-state index contributed by atoms with van der Waals surface area (Å²) in [5.74, 6) is -0.697. The van der Waals surface area contributed by atoms with E-state index in [1.807, 2.05) is 0 Å². The summed E-state index contributed by atoms with van der Waals surface area (Å²) < 4.78 is 0. The van der Waals surface area contributed by atoms with Crippen molar-refractivity contribution < 1.29 is 9.85 Å². The van der Waals surface area contributed by atoms with Crippen LogP contribution in [0.1, 0.15) is 24.6 Å². The van der Waals surface area contributed by atoms with Gasteiger partial charge in [0.05, 0.1) is 0 Å². The van der Waals surface area contributed by atoms with E-state index in [1.54, 1.807) is 17.5 Å². The molecule has 0 saturated heterocycles. The molecule has 0 spiro atoms. The highest BCUT2D eigenvalue weighted by Crippen LogP contribution is 2.33. The molecule has 0 fully saturated rings. The lowest BCUT2D eigenvalue weighted by molar-refractivity contribution is -0.579. The minimum Gasteiger partial charge on any atom is -0.265 e. The monoisotopic (exact) mass is 244 g/mol. The van der Waals surface area contributed by atoms with Gasteiger partial charge in [-0.05, 0) is 11.4 Å². The van der Waals surface area contributed by atoms with Crippen LogP contribution in [0.4, 0.5) is 0 Å². The van der Waals surface area contributed by atoms with E-state index < -0.39 is 27.8 Å². The fourth-order valence-electron chi connectivity index (χ4n) is 1.43. The lowest BCUT2D eigenvalue weighted by atomic mass is 9.87. The normalized spacial score (nSPS) is 13.4. The summed E-state index contributed by atoms with van der Waals surface area (Å²) in [5.41, 5.74) is -1.34. The van der Waals surface area contributed by atoms with Crippen molar-refractivity contribution in [2.24, 2.45) is 0 Å². The fourth-order valence-corrected chi connectivity index (χ4v) is 2.43. The van der Waals surface area contributed by atoms with Crippen LogP contribution in [-0.2, 0) is 0 Å². The van der Waals surface area contributed by atoms with E-state index in [4.69, 9.17) is 0 Å². The largest absolute Gasteiger partial charge is 0.265 e. The van der Waals surface area contributed by atoms with Crippen LogP contribution < -0.4 is 0 Å². The lowest BCUT2D eigenvalue weighted by Crippen LogP contribution is -2.41. The first kappa shape index (κ1) is 12.6. The molecule has 0 aliphatic rings. The number of hydrogen-bond donors (Lipinski definition) is 0. The second-order valence-corrected chi connectivity index (χ2v) is 4.97. The van der Waals surface area contributed by atoms with Gasteiger partial charge in [-0.3, -0.25) is 20.2 Å². The van der Waals surface area contributed by atoms with Gasteiger partial charge in [0, 0.05) is 28.6 Å². The maximum Gasteiger partial charge on any atom is 0.230 e. The highest BCUT2D eigenvalue weighted by molar-refractivity contribution is 7.10. The summed E-state index contributed by atoms with van der Waals surface area (Å²) >= 11 is 1.31. The molecule has 1 aromatic heterocycles.